The van der Waals surface area contributed by atoms with Crippen molar-refractivity contribution in [2.45, 2.75) is 85.0 Å². The van der Waals surface area contributed by atoms with Gasteiger partial charge in [-0.1, -0.05) is 78.6 Å². The van der Waals surface area contributed by atoms with Gasteiger partial charge < -0.3 is 5.11 Å². The average molecular weight is 242 g/mol. The maximum Gasteiger partial charge on any atom is 0.0456 e. The van der Waals surface area contributed by atoms with Gasteiger partial charge in [-0.2, -0.15) is 0 Å². The Labute approximate surface area is 109 Å². The van der Waals surface area contributed by atoms with Crippen LogP contribution in [0.4, 0.5) is 0 Å². The van der Waals surface area contributed by atoms with E-state index in [2.05, 4.69) is 20.8 Å². The van der Waals surface area contributed by atoms with Crippen LogP contribution in [-0.2, 0) is 0 Å². The quantitative estimate of drug-likeness (QED) is 0.468. The topological polar surface area (TPSA) is 20.2 Å². The smallest absolute Gasteiger partial charge is 0.0456 e. The van der Waals surface area contributed by atoms with Gasteiger partial charge in [-0.3, -0.25) is 0 Å². The van der Waals surface area contributed by atoms with E-state index in [1.54, 1.807) is 0 Å². The molecule has 0 fully saturated rings. The molecule has 0 aliphatic rings. The molecule has 0 saturated heterocycles. The van der Waals surface area contributed by atoms with Gasteiger partial charge in [0.2, 0.25) is 0 Å². The number of hydrogen-bond acceptors (Lipinski definition) is 1. The molecule has 0 aromatic heterocycles. The van der Waals surface area contributed by atoms with E-state index in [4.69, 9.17) is 5.11 Å². The van der Waals surface area contributed by atoms with Crippen molar-refractivity contribution in [3.63, 3.8) is 0 Å². The lowest BCUT2D eigenvalue weighted by atomic mass is 9.96. The fourth-order valence-corrected chi connectivity index (χ4v) is 2.30. The molecule has 0 aliphatic heterocycles. The highest BCUT2D eigenvalue weighted by atomic mass is 16.3. The first-order chi connectivity index (χ1) is 8.20. The van der Waals surface area contributed by atoms with Gasteiger partial charge in [0.15, 0.2) is 0 Å². The van der Waals surface area contributed by atoms with Crippen molar-refractivity contribution in [3.8, 4) is 0 Å². The molecule has 17 heavy (non-hydrogen) atoms. The Morgan fingerprint density at radius 2 is 1.18 bits per heavy atom. The third-order valence-electron chi connectivity index (χ3n) is 3.76. The van der Waals surface area contributed by atoms with Crippen LogP contribution in [0.3, 0.4) is 0 Å². The van der Waals surface area contributed by atoms with E-state index in [1.165, 1.54) is 64.2 Å². The van der Waals surface area contributed by atoms with E-state index in [0.717, 1.165) is 5.92 Å². The summed E-state index contributed by atoms with van der Waals surface area (Å²) in [5, 5.41) is 8.91. The minimum Gasteiger partial charge on any atom is -0.396 e. The summed E-state index contributed by atoms with van der Waals surface area (Å²) in [5.41, 5.74) is 0. The average Bonchev–Trinajstić information content (AvgIpc) is 2.34. The van der Waals surface area contributed by atoms with E-state index >= 15 is 0 Å². The summed E-state index contributed by atoms with van der Waals surface area (Å²) in [6.07, 6.45) is 13.7. The van der Waals surface area contributed by atoms with Gasteiger partial charge >= 0.3 is 0 Å². The Morgan fingerprint density at radius 3 is 1.71 bits per heavy atom. The molecule has 0 radical (unpaired) electrons. The van der Waals surface area contributed by atoms with E-state index in [1.807, 2.05) is 0 Å². The van der Waals surface area contributed by atoms with Crippen molar-refractivity contribution in [1.29, 1.82) is 0 Å². The molecule has 2 unspecified atom stereocenters. The van der Waals surface area contributed by atoms with Gasteiger partial charge in [0.05, 0.1) is 0 Å². The third kappa shape index (κ3) is 12.2. The van der Waals surface area contributed by atoms with Crippen molar-refractivity contribution in [2.75, 3.05) is 6.61 Å². The fourth-order valence-electron chi connectivity index (χ4n) is 2.30. The maximum absolute atomic E-state index is 8.91. The van der Waals surface area contributed by atoms with Crippen LogP contribution in [-0.4, -0.2) is 11.7 Å². The Morgan fingerprint density at radius 1 is 0.706 bits per heavy atom. The van der Waals surface area contributed by atoms with Crippen molar-refractivity contribution in [1.82, 2.24) is 0 Å². The minimum absolute atomic E-state index is 0.356. The predicted molar refractivity (Wildman–Crippen MR) is 77.3 cm³/mol. The zero-order valence-electron chi connectivity index (χ0n) is 12.4. The monoisotopic (exact) mass is 242 g/mol. The molecule has 0 rings (SSSR count). The number of unbranched alkanes of at least 4 members (excludes halogenated alkanes) is 5. The van der Waals surface area contributed by atoms with E-state index in [9.17, 15) is 0 Å². The van der Waals surface area contributed by atoms with Crippen LogP contribution >= 0.6 is 0 Å². The molecule has 0 bridgehead atoms. The number of hydrogen-bond donors (Lipinski definition) is 1. The maximum atomic E-state index is 8.91. The molecule has 2 atom stereocenters. The van der Waals surface area contributed by atoms with E-state index in [-0.39, 0.29) is 0 Å². The Balaban J connectivity index is 3.12. The molecule has 0 aromatic carbocycles. The molecule has 0 saturated carbocycles. The van der Waals surface area contributed by atoms with Crippen molar-refractivity contribution in [2.24, 2.45) is 11.8 Å². The van der Waals surface area contributed by atoms with E-state index < -0.39 is 0 Å². The van der Waals surface area contributed by atoms with Crippen LogP contribution in [0.1, 0.15) is 85.0 Å². The number of aliphatic hydroxyl groups excluding tert-OH is 1. The van der Waals surface area contributed by atoms with Crippen LogP contribution in [0.2, 0.25) is 0 Å². The van der Waals surface area contributed by atoms with Crippen LogP contribution in [0, 0.1) is 11.8 Å². The van der Waals surface area contributed by atoms with Crippen molar-refractivity contribution in [3.05, 3.63) is 0 Å². The van der Waals surface area contributed by atoms with Crippen molar-refractivity contribution < 1.29 is 5.11 Å². The largest absolute Gasteiger partial charge is 0.396 e. The summed E-state index contributed by atoms with van der Waals surface area (Å²) in [6, 6.07) is 0. The van der Waals surface area contributed by atoms with Crippen LogP contribution in [0.15, 0.2) is 0 Å². The first kappa shape index (κ1) is 17.0. The Bertz CT molecular complexity index is 144. The summed E-state index contributed by atoms with van der Waals surface area (Å²) in [7, 11) is 0. The summed E-state index contributed by atoms with van der Waals surface area (Å²) in [4.78, 5) is 0. The second kappa shape index (κ2) is 12.4. The second-order valence-corrected chi connectivity index (χ2v) is 5.88. The number of rotatable bonds is 12. The highest BCUT2D eigenvalue weighted by Gasteiger charge is 2.02. The molecule has 0 amide bonds. The molecule has 0 heterocycles. The SMILES string of the molecule is CCCCC(C)CCCCCCCC(C)CO. The molecule has 1 heteroatoms. The lowest BCUT2D eigenvalue weighted by Gasteiger charge is -2.10. The standard InChI is InChI=1S/C16H34O/c1-4-5-11-15(2)12-9-7-6-8-10-13-16(3)14-17/h15-17H,4-14H2,1-3H3. The Kier molecular flexibility index (Phi) is 12.4. The molecule has 1 nitrogen and oxygen atoms in total. The van der Waals surface area contributed by atoms with Crippen molar-refractivity contribution >= 4 is 0 Å². The van der Waals surface area contributed by atoms with Gasteiger partial charge in [-0.05, 0) is 18.3 Å². The number of aliphatic hydroxyl groups is 1. The van der Waals surface area contributed by atoms with Gasteiger partial charge in [-0.25, -0.2) is 0 Å². The Hall–Kier alpha value is -0.0400. The molecule has 0 spiro atoms. The summed E-state index contributed by atoms with van der Waals surface area (Å²) < 4.78 is 0. The summed E-state index contributed by atoms with van der Waals surface area (Å²) in [5.74, 6) is 1.44. The molecule has 0 aliphatic carbocycles. The van der Waals surface area contributed by atoms with Gasteiger partial charge in [0.1, 0.15) is 0 Å². The third-order valence-corrected chi connectivity index (χ3v) is 3.76. The minimum atomic E-state index is 0.356. The molecular weight excluding hydrogens is 208 g/mol. The summed E-state index contributed by atoms with van der Waals surface area (Å²) in [6.45, 7) is 7.17. The van der Waals surface area contributed by atoms with Gasteiger partial charge in [0.25, 0.3) is 0 Å². The summed E-state index contributed by atoms with van der Waals surface area (Å²) >= 11 is 0. The fraction of sp³-hybridized carbons (Fsp3) is 1.00. The lowest BCUT2D eigenvalue weighted by Crippen LogP contribution is -1.99. The zero-order chi connectivity index (χ0) is 12.9. The lowest BCUT2D eigenvalue weighted by molar-refractivity contribution is 0.227. The van der Waals surface area contributed by atoms with E-state index in [0.29, 0.717) is 12.5 Å². The molecule has 1 N–H and O–H groups in total. The van der Waals surface area contributed by atoms with Gasteiger partial charge in [0, 0.05) is 6.61 Å². The predicted octanol–water partition coefficient (Wildman–Crippen LogP) is 5.17. The molecular formula is C16H34O. The van der Waals surface area contributed by atoms with Crippen LogP contribution in [0.5, 0.6) is 0 Å². The first-order valence-electron chi connectivity index (χ1n) is 7.81. The highest BCUT2D eigenvalue weighted by Crippen LogP contribution is 2.17. The van der Waals surface area contributed by atoms with Crippen LogP contribution < -0.4 is 0 Å². The first-order valence-corrected chi connectivity index (χ1v) is 7.81. The highest BCUT2D eigenvalue weighted by molar-refractivity contribution is 4.55. The molecule has 0 aromatic rings. The van der Waals surface area contributed by atoms with Gasteiger partial charge in [-0.15, -0.1) is 0 Å². The van der Waals surface area contributed by atoms with Crippen LogP contribution in [0.25, 0.3) is 0 Å². The zero-order valence-corrected chi connectivity index (χ0v) is 12.4. The molecule has 104 valence electrons. The normalized spacial score (nSPS) is 14.8. The second-order valence-electron chi connectivity index (χ2n) is 5.88.